The number of rotatable bonds is 0. The number of hydrogen-bond donors (Lipinski definition) is 1. The van der Waals surface area contributed by atoms with E-state index in [4.69, 9.17) is 0 Å². The normalized spacial score (nSPS) is 45.8. The lowest BCUT2D eigenvalue weighted by Crippen LogP contribution is -2.29. The topological polar surface area (TPSA) is 12.0 Å². The quantitative estimate of drug-likeness (QED) is 0.558. The van der Waals surface area contributed by atoms with Gasteiger partial charge in [0.2, 0.25) is 0 Å². The molecule has 3 aliphatic rings. The summed E-state index contributed by atoms with van der Waals surface area (Å²) in [6, 6.07) is 0. The Bertz CT molecular complexity index is 170. The lowest BCUT2D eigenvalue weighted by Gasteiger charge is -2.30. The van der Waals surface area contributed by atoms with Crippen molar-refractivity contribution in [2.24, 2.45) is 10.8 Å². The van der Waals surface area contributed by atoms with Gasteiger partial charge in [0.05, 0.1) is 0 Å². The number of fused-ring (bicyclic) bond motifs is 1. The fraction of sp³-hybridized carbons (Fsp3) is 1.00. The molecule has 3 rings (SSSR count). The molecule has 0 radical (unpaired) electrons. The Hall–Kier alpha value is -0.0400. The van der Waals surface area contributed by atoms with Crippen molar-refractivity contribution in [2.75, 3.05) is 13.1 Å². The Kier molecular flexibility index (Phi) is 1.07. The lowest BCUT2D eigenvalue weighted by molar-refractivity contribution is 0.205. The van der Waals surface area contributed by atoms with Crippen LogP contribution >= 0.6 is 0 Å². The maximum Gasteiger partial charge on any atom is 0.00136 e. The van der Waals surface area contributed by atoms with Gasteiger partial charge in [-0.2, -0.15) is 0 Å². The zero-order chi connectivity index (χ0) is 7.36. The van der Waals surface area contributed by atoms with Crippen LogP contribution in [-0.4, -0.2) is 13.1 Å². The van der Waals surface area contributed by atoms with Crippen LogP contribution in [0.3, 0.4) is 0 Å². The van der Waals surface area contributed by atoms with Crippen LogP contribution < -0.4 is 5.32 Å². The molecule has 1 saturated heterocycles. The van der Waals surface area contributed by atoms with Gasteiger partial charge in [-0.15, -0.1) is 0 Å². The van der Waals surface area contributed by atoms with Gasteiger partial charge in [0.15, 0.2) is 0 Å². The largest absolute Gasteiger partial charge is 0.316 e. The van der Waals surface area contributed by atoms with E-state index in [0.29, 0.717) is 0 Å². The van der Waals surface area contributed by atoms with Gasteiger partial charge in [0.25, 0.3) is 0 Å². The molecule has 0 aromatic rings. The summed E-state index contributed by atoms with van der Waals surface area (Å²) in [5.74, 6) is 0. The molecule has 2 aliphatic carbocycles. The smallest absolute Gasteiger partial charge is 0.00136 e. The van der Waals surface area contributed by atoms with Crippen molar-refractivity contribution < 1.29 is 0 Å². The first-order valence-electron chi connectivity index (χ1n) is 5.08. The zero-order valence-electron chi connectivity index (χ0n) is 7.16. The molecule has 1 unspecified atom stereocenters. The summed E-state index contributed by atoms with van der Waals surface area (Å²) in [4.78, 5) is 0. The van der Waals surface area contributed by atoms with E-state index in [0.717, 1.165) is 10.8 Å². The predicted octanol–water partition coefficient (Wildman–Crippen LogP) is 1.93. The molecule has 1 atom stereocenters. The molecular weight excluding hydrogens is 134 g/mol. The summed E-state index contributed by atoms with van der Waals surface area (Å²) < 4.78 is 0. The Balaban J connectivity index is 1.94. The molecule has 2 spiro atoms. The fourth-order valence-corrected chi connectivity index (χ4v) is 3.64. The molecule has 0 aromatic heterocycles. The third kappa shape index (κ3) is 0.658. The highest BCUT2D eigenvalue weighted by Crippen LogP contribution is 2.69. The second-order valence-electron chi connectivity index (χ2n) is 4.84. The van der Waals surface area contributed by atoms with Gasteiger partial charge in [-0.05, 0) is 49.5 Å². The van der Waals surface area contributed by atoms with Crippen molar-refractivity contribution in [1.29, 1.82) is 0 Å². The SMILES string of the molecule is C1CC2(CC2)C2(C1)CCNC2. The van der Waals surface area contributed by atoms with E-state index in [1.165, 1.54) is 32.4 Å². The number of nitrogens with one attached hydrogen (secondary N) is 1. The Morgan fingerprint density at radius 3 is 2.27 bits per heavy atom. The van der Waals surface area contributed by atoms with E-state index in [-0.39, 0.29) is 0 Å². The van der Waals surface area contributed by atoms with Crippen LogP contribution in [0.25, 0.3) is 0 Å². The molecule has 0 aromatic carbocycles. The van der Waals surface area contributed by atoms with Gasteiger partial charge in [0, 0.05) is 6.54 Å². The molecule has 11 heavy (non-hydrogen) atoms. The van der Waals surface area contributed by atoms with Gasteiger partial charge < -0.3 is 5.32 Å². The van der Waals surface area contributed by atoms with Gasteiger partial charge in [0.1, 0.15) is 0 Å². The summed E-state index contributed by atoms with van der Waals surface area (Å²) >= 11 is 0. The molecule has 0 amide bonds. The Morgan fingerprint density at radius 1 is 0.818 bits per heavy atom. The second-order valence-corrected chi connectivity index (χ2v) is 4.84. The van der Waals surface area contributed by atoms with E-state index in [2.05, 4.69) is 5.32 Å². The highest BCUT2D eigenvalue weighted by molar-refractivity contribution is 5.13. The van der Waals surface area contributed by atoms with Gasteiger partial charge >= 0.3 is 0 Å². The average molecular weight is 151 g/mol. The third-order valence-corrected chi connectivity index (χ3v) is 4.53. The van der Waals surface area contributed by atoms with Gasteiger partial charge in [-0.25, -0.2) is 0 Å². The van der Waals surface area contributed by atoms with Crippen molar-refractivity contribution in [3.63, 3.8) is 0 Å². The van der Waals surface area contributed by atoms with Crippen molar-refractivity contribution in [3.05, 3.63) is 0 Å². The van der Waals surface area contributed by atoms with E-state index in [9.17, 15) is 0 Å². The minimum atomic E-state index is 0.785. The maximum atomic E-state index is 3.55. The molecule has 2 saturated carbocycles. The molecule has 1 aliphatic heterocycles. The number of hydrogen-bond acceptors (Lipinski definition) is 1. The Labute approximate surface area is 68.6 Å². The molecular formula is C10H17N. The van der Waals surface area contributed by atoms with Crippen LogP contribution in [0.1, 0.15) is 38.5 Å². The van der Waals surface area contributed by atoms with Crippen LogP contribution in [0.4, 0.5) is 0 Å². The average Bonchev–Trinajstić information content (AvgIpc) is 2.55. The molecule has 0 bridgehead atoms. The molecule has 1 nitrogen and oxygen atoms in total. The minimum absolute atomic E-state index is 0.785. The molecule has 1 heterocycles. The van der Waals surface area contributed by atoms with Crippen molar-refractivity contribution >= 4 is 0 Å². The van der Waals surface area contributed by atoms with E-state index in [1.54, 1.807) is 19.3 Å². The summed E-state index contributed by atoms with van der Waals surface area (Å²) in [6.07, 6.45) is 9.17. The van der Waals surface area contributed by atoms with Crippen LogP contribution in [-0.2, 0) is 0 Å². The summed E-state index contributed by atoms with van der Waals surface area (Å²) in [5.41, 5.74) is 1.64. The summed E-state index contributed by atoms with van der Waals surface area (Å²) in [7, 11) is 0. The van der Waals surface area contributed by atoms with Crippen LogP contribution in [0.2, 0.25) is 0 Å². The van der Waals surface area contributed by atoms with E-state index in [1.807, 2.05) is 0 Å². The maximum absolute atomic E-state index is 3.55. The van der Waals surface area contributed by atoms with Crippen LogP contribution in [0, 0.1) is 10.8 Å². The molecule has 62 valence electrons. The standard InChI is InChI=1S/C10H17N/c1-2-9(4-5-9)10(3-1)6-7-11-8-10/h11H,1-8H2. The molecule has 1 N–H and O–H groups in total. The van der Waals surface area contributed by atoms with Gasteiger partial charge in [-0.1, -0.05) is 6.42 Å². The predicted molar refractivity (Wildman–Crippen MR) is 45.4 cm³/mol. The zero-order valence-corrected chi connectivity index (χ0v) is 7.16. The monoisotopic (exact) mass is 151 g/mol. The third-order valence-electron chi connectivity index (χ3n) is 4.53. The first kappa shape index (κ1) is 6.47. The highest BCUT2D eigenvalue weighted by atomic mass is 14.9. The summed E-state index contributed by atoms with van der Waals surface area (Å²) in [6.45, 7) is 2.63. The second kappa shape index (κ2) is 1.82. The highest BCUT2D eigenvalue weighted by Gasteiger charge is 2.61. The molecule has 1 heteroatoms. The minimum Gasteiger partial charge on any atom is -0.316 e. The van der Waals surface area contributed by atoms with Gasteiger partial charge in [-0.3, -0.25) is 0 Å². The van der Waals surface area contributed by atoms with Crippen molar-refractivity contribution in [1.82, 2.24) is 5.32 Å². The van der Waals surface area contributed by atoms with E-state index >= 15 is 0 Å². The first-order chi connectivity index (χ1) is 5.37. The lowest BCUT2D eigenvalue weighted by atomic mass is 9.74. The van der Waals surface area contributed by atoms with Crippen molar-refractivity contribution in [3.8, 4) is 0 Å². The summed E-state index contributed by atoms with van der Waals surface area (Å²) in [5, 5.41) is 3.55. The van der Waals surface area contributed by atoms with Crippen LogP contribution in [0.5, 0.6) is 0 Å². The van der Waals surface area contributed by atoms with Crippen molar-refractivity contribution in [2.45, 2.75) is 38.5 Å². The molecule has 3 fully saturated rings. The fourth-order valence-electron chi connectivity index (χ4n) is 3.64. The Morgan fingerprint density at radius 2 is 1.64 bits per heavy atom. The van der Waals surface area contributed by atoms with E-state index < -0.39 is 0 Å². The first-order valence-corrected chi connectivity index (χ1v) is 5.08. The van der Waals surface area contributed by atoms with Crippen LogP contribution in [0.15, 0.2) is 0 Å².